The SMILES string of the molecule is COc1ccc(N2CCN(C3=NC(=O)/C(=C\c4ccccc4)S3)CC2)cc1. The summed E-state index contributed by atoms with van der Waals surface area (Å²) in [7, 11) is 1.68. The van der Waals surface area contributed by atoms with Crippen molar-refractivity contribution < 1.29 is 9.53 Å². The van der Waals surface area contributed by atoms with Gasteiger partial charge in [0.15, 0.2) is 5.17 Å². The van der Waals surface area contributed by atoms with Crippen LogP contribution in [0.5, 0.6) is 5.75 Å². The van der Waals surface area contributed by atoms with Crippen LogP contribution in [0.2, 0.25) is 0 Å². The summed E-state index contributed by atoms with van der Waals surface area (Å²) in [6.07, 6.45) is 1.91. The number of aliphatic imine (C=N–C) groups is 1. The second-order valence-corrected chi connectivity index (χ2v) is 7.40. The van der Waals surface area contributed by atoms with Crippen molar-refractivity contribution in [1.82, 2.24) is 4.90 Å². The number of anilines is 1. The van der Waals surface area contributed by atoms with Crippen LogP contribution in [-0.2, 0) is 4.79 Å². The predicted octanol–water partition coefficient (Wildman–Crippen LogP) is 3.49. The lowest BCUT2D eigenvalue weighted by Gasteiger charge is -2.36. The van der Waals surface area contributed by atoms with Gasteiger partial charge >= 0.3 is 0 Å². The molecule has 1 saturated heterocycles. The molecule has 2 aromatic rings. The molecular formula is C21H21N3O2S. The molecule has 0 N–H and O–H groups in total. The van der Waals surface area contributed by atoms with Gasteiger partial charge in [-0.2, -0.15) is 4.99 Å². The minimum atomic E-state index is -0.142. The van der Waals surface area contributed by atoms with Crippen molar-refractivity contribution in [2.24, 2.45) is 4.99 Å². The largest absolute Gasteiger partial charge is 0.497 e. The molecule has 1 amide bonds. The Morgan fingerprint density at radius 1 is 0.963 bits per heavy atom. The van der Waals surface area contributed by atoms with E-state index in [4.69, 9.17) is 4.74 Å². The number of nitrogens with zero attached hydrogens (tertiary/aromatic N) is 3. The van der Waals surface area contributed by atoms with E-state index in [0.717, 1.165) is 42.7 Å². The predicted molar refractivity (Wildman–Crippen MR) is 111 cm³/mol. The van der Waals surface area contributed by atoms with E-state index in [1.54, 1.807) is 7.11 Å². The third kappa shape index (κ3) is 4.01. The Morgan fingerprint density at radius 3 is 2.30 bits per heavy atom. The second kappa shape index (κ2) is 7.88. The van der Waals surface area contributed by atoms with E-state index in [0.29, 0.717) is 4.91 Å². The lowest BCUT2D eigenvalue weighted by Crippen LogP contribution is -2.47. The van der Waals surface area contributed by atoms with Crippen molar-refractivity contribution in [3.63, 3.8) is 0 Å². The highest BCUT2D eigenvalue weighted by atomic mass is 32.2. The second-order valence-electron chi connectivity index (χ2n) is 6.39. The van der Waals surface area contributed by atoms with Crippen LogP contribution < -0.4 is 9.64 Å². The maximum atomic E-state index is 12.3. The molecule has 2 heterocycles. The minimum absolute atomic E-state index is 0.142. The number of carbonyl (C=O) groups excluding carboxylic acids is 1. The highest BCUT2D eigenvalue weighted by molar-refractivity contribution is 8.18. The highest BCUT2D eigenvalue weighted by Gasteiger charge is 2.28. The van der Waals surface area contributed by atoms with Gasteiger partial charge < -0.3 is 14.5 Å². The molecule has 0 aliphatic carbocycles. The van der Waals surface area contributed by atoms with Gasteiger partial charge in [-0.3, -0.25) is 4.79 Å². The first-order chi connectivity index (χ1) is 13.2. The van der Waals surface area contributed by atoms with Crippen molar-refractivity contribution in [1.29, 1.82) is 0 Å². The Bertz CT molecular complexity index is 870. The zero-order chi connectivity index (χ0) is 18.6. The summed E-state index contributed by atoms with van der Waals surface area (Å²) in [5, 5.41) is 0.816. The normalized spacial score (nSPS) is 18.8. The van der Waals surface area contributed by atoms with Crippen molar-refractivity contribution in [3.05, 3.63) is 65.1 Å². The number of hydrogen-bond acceptors (Lipinski definition) is 5. The standard InChI is InChI=1S/C21H21N3O2S/c1-26-18-9-7-17(8-10-18)23-11-13-24(14-12-23)21-22-20(25)19(27-21)15-16-5-3-2-4-6-16/h2-10,15H,11-14H2,1H3/b19-15+. The lowest BCUT2D eigenvalue weighted by atomic mass is 10.2. The molecule has 6 heteroatoms. The summed E-state index contributed by atoms with van der Waals surface area (Å²) in [5.74, 6) is 0.724. The van der Waals surface area contributed by atoms with Crippen LogP contribution in [0.1, 0.15) is 5.56 Å². The van der Waals surface area contributed by atoms with E-state index < -0.39 is 0 Å². The van der Waals surface area contributed by atoms with Gasteiger partial charge in [-0.05, 0) is 47.7 Å². The number of methoxy groups -OCH3 is 1. The third-order valence-electron chi connectivity index (χ3n) is 4.69. The smallest absolute Gasteiger partial charge is 0.286 e. The Morgan fingerprint density at radius 2 is 1.63 bits per heavy atom. The molecule has 0 bridgehead atoms. The van der Waals surface area contributed by atoms with Crippen LogP contribution >= 0.6 is 11.8 Å². The van der Waals surface area contributed by atoms with Crippen molar-refractivity contribution >= 4 is 34.6 Å². The van der Waals surface area contributed by atoms with Gasteiger partial charge in [0.1, 0.15) is 5.75 Å². The number of ether oxygens (including phenoxy) is 1. The number of amidine groups is 1. The van der Waals surface area contributed by atoms with Crippen LogP contribution in [0.4, 0.5) is 5.69 Å². The summed E-state index contributed by atoms with van der Waals surface area (Å²) in [5.41, 5.74) is 2.21. The van der Waals surface area contributed by atoms with E-state index in [9.17, 15) is 4.79 Å². The maximum absolute atomic E-state index is 12.3. The molecule has 1 fully saturated rings. The van der Waals surface area contributed by atoms with Crippen LogP contribution in [0.25, 0.3) is 6.08 Å². The van der Waals surface area contributed by atoms with Gasteiger partial charge in [0.05, 0.1) is 12.0 Å². The average Bonchev–Trinajstić information content (AvgIpc) is 3.09. The molecule has 0 unspecified atom stereocenters. The molecule has 2 aliphatic rings. The molecule has 0 spiro atoms. The van der Waals surface area contributed by atoms with Gasteiger partial charge in [-0.15, -0.1) is 0 Å². The van der Waals surface area contributed by atoms with Crippen LogP contribution in [-0.4, -0.2) is 49.3 Å². The summed E-state index contributed by atoms with van der Waals surface area (Å²) >= 11 is 1.47. The molecule has 2 aromatic carbocycles. The monoisotopic (exact) mass is 379 g/mol. The quantitative estimate of drug-likeness (QED) is 0.764. The van der Waals surface area contributed by atoms with E-state index in [1.165, 1.54) is 17.4 Å². The lowest BCUT2D eigenvalue weighted by molar-refractivity contribution is -0.113. The summed E-state index contributed by atoms with van der Waals surface area (Å²) in [6, 6.07) is 18.0. The molecule has 2 aliphatic heterocycles. The fraction of sp³-hybridized carbons (Fsp3) is 0.238. The summed E-state index contributed by atoms with van der Waals surface area (Å²) in [4.78, 5) is 21.8. The average molecular weight is 379 g/mol. The minimum Gasteiger partial charge on any atom is -0.497 e. The highest BCUT2D eigenvalue weighted by Crippen LogP contribution is 2.31. The molecule has 138 valence electrons. The Labute approximate surface area is 163 Å². The van der Waals surface area contributed by atoms with E-state index >= 15 is 0 Å². The van der Waals surface area contributed by atoms with E-state index in [2.05, 4.69) is 26.9 Å². The van der Waals surface area contributed by atoms with Crippen LogP contribution in [0, 0.1) is 0 Å². The molecule has 27 heavy (non-hydrogen) atoms. The molecule has 0 aromatic heterocycles. The van der Waals surface area contributed by atoms with Crippen LogP contribution in [0.3, 0.4) is 0 Å². The summed E-state index contributed by atoms with van der Waals surface area (Å²) < 4.78 is 5.22. The van der Waals surface area contributed by atoms with Gasteiger partial charge in [0.2, 0.25) is 0 Å². The zero-order valence-electron chi connectivity index (χ0n) is 15.2. The number of piperazine rings is 1. The van der Waals surface area contributed by atoms with Crippen molar-refractivity contribution in [3.8, 4) is 5.75 Å². The molecule has 5 nitrogen and oxygen atoms in total. The first-order valence-corrected chi connectivity index (χ1v) is 9.76. The number of benzene rings is 2. The van der Waals surface area contributed by atoms with Gasteiger partial charge in [-0.25, -0.2) is 0 Å². The fourth-order valence-electron chi connectivity index (χ4n) is 3.18. The Hall–Kier alpha value is -2.73. The van der Waals surface area contributed by atoms with Gasteiger partial charge in [0.25, 0.3) is 5.91 Å². The Balaban J connectivity index is 1.38. The van der Waals surface area contributed by atoms with E-state index in [-0.39, 0.29) is 5.91 Å². The number of hydrogen-bond donors (Lipinski definition) is 0. The molecule has 0 atom stereocenters. The van der Waals surface area contributed by atoms with Crippen molar-refractivity contribution in [2.75, 3.05) is 38.2 Å². The molecule has 4 rings (SSSR count). The first-order valence-electron chi connectivity index (χ1n) is 8.94. The molecule has 0 saturated carbocycles. The zero-order valence-corrected chi connectivity index (χ0v) is 16.0. The molecular weight excluding hydrogens is 358 g/mol. The molecule has 0 radical (unpaired) electrons. The summed E-state index contributed by atoms with van der Waals surface area (Å²) in [6.45, 7) is 3.50. The van der Waals surface area contributed by atoms with Gasteiger partial charge in [0, 0.05) is 31.9 Å². The Kier molecular flexibility index (Phi) is 5.16. The topological polar surface area (TPSA) is 45.1 Å². The van der Waals surface area contributed by atoms with E-state index in [1.807, 2.05) is 48.5 Å². The first kappa shape index (κ1) is 17.7. The van der Waals surface area contributed by atoms with Gasteiger partial charge in [-0.1, -0.05) is 30.3 Å². The number of amides is 1. The maximum Gasteiger partial charge on any atom is 0.286 e. The number of thioether (sulfide) groups is 1. The van der Waals surface area contributed by atoms with Crippen LogP contribution in [0.15, 0.2) is 64.5 Å². The number of carbonyl (C=O) groups is 1. The number of rotatable bonds is 3. The van der Waals surface area contributed by atoms with Crippen molar-refractivity contribution in [2.45, 2.75) is 0 Å². The fourth-order valence-corrected chi connectivity index (χ4v) is 4.15. The third-order valence-corrected chi connectivity index (χ3v) is 5.74.